The summed E-state index contributed by atoms with van der Waals surface area (Å²) in [5.74, 6) is 0. The van der Waals surface area contributed by atoms with E-state index in [1.807, 2.05) is 0 Å². The molecular weight excluding hydrogens is 332 g/mol. The number of hydrogen-bond donors (Lipinski definition) is 2. The highest BCUT2D eigenvalue weighted by atomic mass is 15.2. The normalized spacial score (nSPS) is 23.6. The van der Waals surface area contributed by atoms with Crippen LogP contribution >= 0.6 is 0 Å². The molecule has 0 spiro atoms. The number of para-hydroxylation sites is 1. The number of fused-ring (bicyclic) bond motifs is 3. The molecule has 2 aliphatic heterocycles. The molecule has 0 saturated carbocycles. The number of rotatable bonds is 2. The summed E-state index contributed by atoms with van der Waals surface area (Å²) in [4.78, 5) is 8.58. The third-order valence-corrected chi connectivity index (χ3v) is 6.19. The highest BCUT2D eigenvalue weighted by Gasteiger charge is 2.28. The molecule has 2 aliphatic rings. The first kappa shape index (κ1) is 16.8. The van der Waals surface area contributed by atoms with E-state index in [4.69, 9.17) is 0 Å². The fraction of sp³-hybridized carbons (Fsp3) is 0.391. The van der Waals surface area contributed by atoms with Gasteiger partial charge in [0, 0.05) is 54.5 Å². The molecule has 140 valence electrons. The largest absolute Gasteiger partial charge is 0.369 e. The van der Waals surface area contributed by atoms with Crippen LogP contribution in [0.5, 0.6) is 0 Å². The van der Waals surface area contributed by atoms with Crippen LogP contribution in [0.25, 0.3) is 10.9 Å². The first-order valence-corrected chi connectivity index (χ1v) is 10.1. The van der Waals surface area contributed by atoms with Gasteiger partial charge in [-0.05, 0) is 49.7 Å². The number of H-pyrrole nitrogens is 1. The Kier molecular flexibility index (Phi) is 4.18. The number of nitrogens with zero attached hydrogens (tertiary/aromatic N) is 2. The summed E-state index contributed by atoms with van der Waals surface area (Å²) in [6.45, 7) is 6.79. The molecule has 1 fully saturated rings. The monoisotopic (exact) mass is 360 g/mol. The number of likely N-dealkylation sites (N-methyl/N-ethyl adjacent to an activating group) is 1. The van der Waals surface area contributed by atoms with Crippen molar-refractivity contribution in [3.05, 3.63) is 65.4 Å². The van der Waals surface area contributed by atoms with Crippen molar-refractivity contribution < 1.29 is 0 Å². The molecule has 3 aromatic rings. The molecule has 1 aromatic heterocycles. The van der Waals surface area contributed by atoms with Gasteiger partial charge in [0.25, 0.3) is 0 Å². The zero-order chi connectivity index (χ0) is 18.4. The van der Waals surface area contributed by atoms with Crippen LogP contribution in [0.4, 0.5) is 5.69 Å². The molecule has 0 amide bonds. The quantitative estimate of drug-likeness (QED) is 0.733. The number of aromatic nitrogens is 1. The summed E-state index contributed by atoms with van der Waals surface area (Å²) < 4.78 is 0. The average molecular weight is 361 g/mol. The lowest BCUT2D eigenvalue weighted by Crippen LogP contribution is -2.44. The Labute approximate surface area is 161 Å². The van der Waals surface area contributed by atoms with E-state index >= 15 is 0 Å². The maximum absolute atomic E-state index is 3.80. The van der Waals surface area contributed by atoms with Crippen molar-refractivity contribution in [3.63, 3.8) is 0 Å². The predicted molar refractivity (Wildman–Crippen MR) is 113 cm³/mol. The smallest absolute Gasteiger partial charge is 0.0734 e. The average Bonchev–Trinajstić information content (AvgIpc) is 3.07. The third-order valence-electron chi connectivity index (χ3n) is 6.19. The first-order valence-electron chi connectivity index (χ1n) is 10.1. The molecule has 0 radical (unpaired) electrons. The molecule has 1 saturated heterocycles. The summed E-state index contributed by atoms with van der Waals surface area (Å²) >= 11 is 0. The minimum atomic E-state index is 0.234. The van der Waals surface area contributed by atoms with Gasteiger partial charge in [-0.2, -0.15) is 0 Å². The molecule has 2 atom stereocenters. The molecule has 2 aromatic carbocycles. The molecule has 2 N–H and O–H groups in total. The van der Waals surface area contributed by atoms with Gasteiger partial charge >= 0.3 is 0 Å². The lowest BCUT2D eigenvalue weighted by molar-refractivity contribution is 0.313. The van der Waals surface area contributed by atoms with Crippen LogP contribution in [-0.2, 0) is 6.42 Å². The molecule has 27 heavy (non-hydrogen) atoms. The van der Waals surface area contributed by atoms with Crippen molar-refractivity contribution in [1.29, 1.82) is 0 Å². The molecular formula is C23H28N4. The SMILES string of the molecule is C[C@H]1Cc2c([nH]c3ccccc23)C(c2ccc(N3CCN(C)CC3)cc2)N1. The van der Waals surface area contributed by atoms with E-state index in [-0.39, 0.29) is 6.04 Å². The van der Waals surface area contributed by atoms with E-state index in [9.17, 15) is 0 Å². The van der Waals surface area contributed by atoms with Crippen LogP contribution in [0.1, 0.15) is 29.8 Å². The van der Waals surface area contributed by atoms with Gasteiger partial charge in [0.05, 0.1) is 6.04 Å². The Balaban J connectivity index is 1.46. The maximum atomic E-state index is 3.80. The van der Waals surface area contributed by atoms with Crippen LogP contribution in [0.15, 0.2) is 48.5 Å². The van der Waals surface area contributed by atoms with Crippen molar-refractivity contribution in [2.24, 2.45) is 0 Å². The zero-order valence-electron chi connectivity index (χ0n) is 16.2. The number of benzene rings is 2. The van der Waals surface area contributed by atoms with E-state index in [0.717, 1.165) is 32.6 Å². The number of nitrogens with one attached hydrogen (secondary N) is 2. The maximum Gasteiger partial charge on any atom is 0.0734 e. The number of hydrogen-bond acceptors (Lipinski definition) is 3. The zero-order valence-corrected chi connectivity index (χ0v) is 16.2. The second-order valence-corrected chi connectivity index (χ2v) is 8.15. The topological polar surface area (TPSA) is 34.3 Å². The standard InChI is InChI=1S/C23H28N4/c1-16-15-20-19-5-3-4-6-21(19)25-23(20)22(24-16)17-7-9-18(10-8-17)27-13-11-26(2)12-14-27/h3-10,16,22,24-25H,11-15H2,1-2H3/t16-,22?/m0/s1. The van der Waals surface area contributed by atoms with Gasteiger partial charge in [-0.25, -0.2) is 0 Å². The second-order valence-electron chi connectivity index (χ2n) is 8.15. The number of aromatic amines is 1. The molecule has 4 heteroatoms. The second kappa shape index (κ2) is 6.70. The Hall–Kier alpha value is -2.30. The lowest BCUT2D eigenvalue weighted by Gasteiger charge is -2.34. The highest BCUT2D eigenvalue weighted by molar-refractivity contribution is 5.85. The third kappa shape index (κ3) is 3.03. The Morgan fingerprint density at radius 1 is 0.926 bits per heavy atom. The Morgan fingerprint density at radius 3 is 2.44 bits per heavy atom. The van der Waals surface area contributed by atoms with Crippen LogP contribution in [0.2, 0.25) is 0 Å². The molecule has 5 rings (SSSR count). The summed E-state index contributed by atoms with van der Waals surface area (Å²) in [6.07, 6.45) is 1.08. The first-order chi connectivity index (χ1) is 13.2. The van der Waals surface area contributed by atoms with Crippen LogP contribution in [0, 0.1) is 0 Å². The molecule has 0 aliphatic carbocycles. The summed E-state index contributed by atoms with van der Waals surface area (Å²) in [7, 11) is 2.20. The predicted octanol–water partition coefficient (Wildman–Crippen LogP) is 3.54. The van der Waals surface area contributed by atoms with Gasteiger partial charge in [-0.1, -0.05) is 30.3 Å². The number of piperazine rings is 1. The van der Waals surface area contributed by atoms with Crippen molar-refractivity contribution >= 4 is 16.6 Å². The molecule has 0 bridgehead atoms. The van der Waals surface area contributed by atoms with E-state index < -0.39 is 0 Å². The lowest BCUT2D eigenvalue weighted by atomic mass is 9.91. The fourth-order valence-corrected chi connectivity index (χ4v) is 4.63. The van der Waals surface area contributed by atoms with Crippen molar-refractivity contribution in [2.45, 2.75) is 25.4 Å². The summed E-state index contributed by atoms with van der Waals surface area (Å²) in [6, 6.07) is 18.6. The molecule has 1 unspecified atom stereocenters. The van der Waals surface area contributed by atoms with E-state index in [0.29, 0.717) is 6.04 Å². The van der Waals surface area contributed by atoms with Crippen molar-refractivity contribution in [2.75, 3.05) is 38.1 Å². The van der Waals surface area contributed by atoms with Gasteiger partial charge in [-0.15, -0.1) is 0 Å². The van der Waals surface area contributed by atoms with Gasteiger partial charge < -0.3 is 20.1 Å². The van der Waals surface area contributed by atoms with Crippen LogP contribution in [0.3, 0.4) is 0 Å². The molecule has 3 heterocycles. The van der Waals surface area contributed by atoms with E-state index in [2.05, 4.69) is 82.6 Å². The number of anilines is 1. The van der Waals surface area contributed by atoms with E-state index in [1.54, 1.807) is 0 Å². The summed E-state index contributed by atoms with van der Waals surface area (Å²) in [5.41, 5.74) is 6.74. The van der Waals surface area contributed by atoms with Gasteiger partial charge in [0.1, 0.15) is 0 Å². The highest BCUT2D eigenvalue weighted by Crippen LogP contribution is 2.35. The summed E-state index contributed by atoms with van der Waals surface area (Å²) in [5, 5.41) is 5.18. The Bertz CT molecular complexity index is 935. The van der Waals surface area contributed by atoms with Gasteiger partial charge in [0.15, 0.2) is 0 Å². The minimum Gasteiger partial charge on any atom is -0.369 e. The van der Waals surface area contributed by atoms with E-state index in [1.165, 1.54) is 33.4 Å². The van der Waals surface area contributed by atoms with Crippen LogP contribution in [-0.4, -0.2) is 49.2 Å². The minimum absolute atomic E-state index is 0.234. The van der Waals surface area contributed by atoms with Crippen molar-refractivity contribution in [3.8, 4) is 0 Å². The van der Waals surface area contributed by atoms with Gasteiger partial charge in [-0.3, -0.25) is 0 Å². The fourth-order valence-electron chi connectivity index (χ4n) is 4.63. The Morgan fingerprint density at radius 2 is 1.67 bits per heavy atom. The van der Waals surface area contributed by atoms with Crippen molar-refractivity contribution in [1.82, 2.24) is 15.2 Å². The van der Waals surface area contributed by atoms with Gasteiger partial charge in [0.2, 0.25) is 0 Å². The van der Waals surface area contributed by atoms with Crippen LogP contribution < -0.4 is 10.2 Å². The molecule has 4 nitrogen and oxygen atoms in total.